The summed E-state index contributed by atoms with van der Waals surface area (Å²) in [5.74, 6) is 1.04. The van der Waals surface area contributed by atoms with Gasteiger partial charge in [0, 0.05) is 25.8 Å². The number of aromatic nitrogens is 2. The highest BCUT2D eigenvalue weighted by atomic mass is 79.9. The Bertz CT molecular complexity index is 307. The summed E-state index contributed by atoms with van der Waals surface area (Å²) in [6, 6.07) is 0. The first-order chi connectivity index (χ1) is 6.81. The molecule has 0 bridgehead atoms. The number of hydrogen-bond donors (Lipinski definition) is 0. The van der Waals surface area contributed by atoms with E-state index in [0.29, 0.717) is 0 Å². The molecule has 1 aromatic rings. The fourth-order valence-corrected chi connectivity index (χ4v) is 2.03. The van der Waals surface area contributed by atoms with Crippen molar-refractivity contribution in [3.05, 3.63) is 10.8 Å². The molecule has 1 saturated heterocycles. The zero-order chi connectivity index (χ0) is 9.97. The van der Waals surface area contributed by atoms with Crippen LogP contribution in [0.5, 0.6) is 0 Å². The molecule has 78 valence electrons. The van der Waals surface area contributed by atoms with Gasteiger partial charge in [0.1, 0.15) is 4.60 Å². The van der Waals surface area contributed by atoms with E-state index < -0.39 is 0 Å². The summed E-state index contributed by atoms with van der Waals surface area (Å²) in [7, 11) is 0. The molecule has 14 heavy (non-hydrogen) atoms. The maximum atomic E-state index is 5.31. The standard InChI is InChI=1S/C9H14BrN3O/c1-2-12-7-8(10)11-9(12)13-3-5-14-6-4-13/h7H,2-6H2,1H3. The van der Waals surface area contributed by atoms with Crippen LogP contribution in [0.4, 0.5) is 5.95 Å². The lowest BCUT2D eigenvalue weighted by Gasteiger charge is -2.27. The van der Waals surface area contributed by atoms with E-state index in [2.05, 4.69) is 37.3 Å². The van der Waals surface area contributed by atoms with Gasteiger partial charge < -0.3 is 14.2 Å². The third-order valence-electron chi connectivity index (χ3n) is 2.36. The molecule has 0 aromatic carbocycles. The van der Waals surface area contributed by atoms with E-state index in [4.69, 9.17) is 4.74 Å². The highest BCUT2D eigenvalue weighted by molar-refractivity contribution is 9.10. The zero-order valence-corrected chi connectivity index (χ0v) is 9.83. The first kappa shape index (κ1) is 9.98. The predicted octanol–water partition coefficient (Wildman–Crippen LogP) is 1.50. The van der Waals surface area contributed by atoms with Crippen LogP contribution in [-0.4, -0.2) is 35.9 Å². The minimum Gasteiger partial charge on any atom is -0.378 e. The van der Waals surface area contributed by atoms with Crippen LogP contribution in [-0.2, 0) is 11.3 Å². The molecule has 0 amide bonds. The molecule has 0 unspecified atom stereocenters. The lowest BCUT2D eigenvalue weighted by molar-refractivity contribution is 0.121. The summed E-state index contributed by atoms with van der Waals surface area (Å²) in [5, 5.41) is 0. The van der Waals surface area contributed by atoms with Crippen molar-refractivity contribution < 1.29 is 4.74 Å². The second-order valence-electron chi connectivity index (χ2n) is 3.25. The van der Waals surface area contributed by atoms with Gasteiger partial charge in [0.25, 0.3) is 0 Å². The van der Waals surface area contributed by atoms with Crippen LogP contribution in [0.3, 0.4) is 0 Å². The van der Waals surface area contributed by atoms with Crippen LogP contribution < -0.4 is 4.90 Å². The van der Waals surface area contributed by atoms with Gasteiger partial charge in [-0.1, -0.05) is 0 Å². The Morgan fingerprint density at radius 1 is 1.50 bits per heavy atom. The van der Waals surface area contributed by atoms with Gasteiger partial charge in [-0.25, -0.2) is 4.98 Å². The summed E-state index contributed by atoms with van der Waals surface area (Å²) in [6.45, 7) is 6.54. The first-order valence-corrected chi connectivity index (χ1v) is 5.66. The fourth-order valence-electron chi connectivity index (χ4n) is 1.62. The lowest BCUT2D eigenvalue weighted by atomic mass is 10.4. The number of rotatable bonds is 2. The van der Waals surface area contributed by atoms with E-state index in [1.807, 2.05) is 6.20 Å². The van der Waals surface area contributed by atoms with Gasteiger partial charge in [-0.2, -0.15) is 0 Å². The quantitative estimate of drug-likeness (QED) is 0.807. The van der Waals surface area contributed by atoms with Crippen molar-refractivity contribution in [1.29, 1.82) is 0 Å². The van der Waals surface area contributed by atoms with Crippen LogP contribution in [0.1, 0.15) is 6.92 Å². The van der Waals surface area contributed by atoms with Crippen LogP contribution in [0.25, 0.3) is 0 Å². The van der Waals surface area contributed by atoms with Crippen molar-refractivity contribution in [2.75, 3.05) is 31.2 Å². The van der Waals surface area contributed by atoms with Gasteiger partial charge in [-0.15, -0.1) is 0 Å². The Balaban J connectivity index is 2.20. The minimum absolute atomic E-state index is 0.800. The van der Waals surface area contributed by atoms with Crippen molar-refractivity contribution in [2.45, 2.75) is 13.5 Å². The maximum Gasteiger partial charge on any atom is 0.206 e. The molecule has 0 atom stereocenters. The third-order valence-corrected chi connectivity index (χ3v) is 2.74. The molecule has 1 aliphatic rings. The molecular formula is C9H14BrN3O. The molecule has 0 saturated carbocycles. The van der Waals surface area contributed by atoms with E-state index in [1.165, 1.54) is 0 Å². The maximum absolute atomic E-state index is 5.31. The van der Waals surface area contributed by atoms with Crippen molar-refractivity contribution >= 4 is 21.9 Å². The van der Waals surface area contributed by atoms with Crippen molar-refractivity contribution in [3.8, 4) is 0 Å². The molecular weight excluding hydrogens is 246 g/mol. The van der Waals surface area contributed by atoms with Gasteiger partial charge in [0.05, 0.1) is 13.2 Å². The molecule has 1 aromatic heterocycles. The number of morpholine rings is 1. The Hall–Kier alpha value is -0.550. The average Bonchev–Trinajstić information content (AvgIpc) is 2.61. The Morgan fingerprint density at radius 3 is 2.86 bits per heavy atom. The number of nitrogens with zero attached hydrogens (tertiary/aromatic N) is 3. The normalized spacial score (nSPS) is 17.4. The second kappa shape index (κ2) is 4.31. The van der Waals surface area contributed by atoms with E-state index >= 15 is 0 Å². The SMILES string of the molecule is CCn1cc(Br)nc1N1CCOCC1. The molecule has 0 spiro atoms. The van der Waals surface area contributed by atoms with Crippen LogP contribution in [0, 0.1) is 0 Å². The van der Waals surface area contributed by atoms with Crippen molar-refractivity contribution in [1.82, 2.24) is 9.55 Å². The summed E-state index contributed by atoms with van der Waals surface area (Å²) >= 11 is 3.40. The summed E-state index contributed by atoms with van der Waals surface area (Å²) < 4.78 is 8.36. The van der Waals surface area contributed by atoms with E-state index in [9.17, 15) is 0 Å². The van der Waals surface area contributed by atoms with Gasteiger partial charge in [0.2, 0.25) is 5.95 Å². The fraction of sp³-hybridized carbons (Fsp3) is 0.667. The molecule has 0 N–H and O–H groups in total. The summed E-state index contributed by atoms with van der Waals surface area (Å²) in [6.07, 6.45) is 2.02. The smallest absolute Gasteiger partial charge is 0.206 e. The summed E-state index contributed by atoms with van der Waals surface area (Å²) in [5.41, 5.74) is 0. The second-order valence-corrected chi connectivity index (χ2v) is 4.06. The molecule has 1 aliphatic heterocycles. The average molecular weight is 260 g/mol. The van der Waals surface area contributed by atoms with E-state index in [0.717, 1.165) is 43.4 Å². The number of anilines is 1. The largest absolute Gasteiger partial charge is 0.378 e. The van der Waals surface area contributed by atoms with Crippen molar-refractivity contribution in [2.24, 2.45) is 0 Å². The van der Waals surface area contributed by atoms with Gasteiger partial charge in [0.15, 0.2) is 0 Å². The molecule has 2 rings (SSSR count). The van der Waals surface area contributed by atoms with Crippen molar-refractivity contribution in [3.63, 3.8) is 0 Å². The number of aryl methyl sites for hydroxylation is 1. The first-order valence-electron chi connectivity index (χ1n) is 4.86. The highest BCUT2D eigenvalue weighted by Crippen LogP contribution is 2.18. The monoisotopic (exact) mass is 259 g/mol. The van der Waals surface area contributed by atoms with Gasteiger partial charge in [-0.05, 0) is 22.9 Å². The minimum atomic E-state index is 0.800. The molecule has 0 aliphatic carbocycles. The van der Waals surface area contributed by atoms with E-state index in [-0.39, 0.29) is 0 Å². The van der Waals surface area contributed by atoms with Gasteiger partial charge in [-0.3, -0.25) is 0 Å². The summed E-state index contributed by atoms with van der Waals surface area (Å²) in [4.78, 5) is 6.72. The Kier molecular flexibility index (Phi) is 3.08. The molecule has 2 heterocycles. The molecule has 4 nitrogen and oxygen atoms in total. The predicted molar refractivity (Wildman–Crippen MR) is 58.6 cm³/mol. The number of hydrogen-bond acceptors (Lipinski definition) is 3. The van der Waals surface area contributed by atoms with E-state index in [1.54, 1.807) is 0 Å². The zero-order valence-electron chi connectivity index (χ0n) is 8.24. The van der Waals surface area contributed by atoms with Crippen LogP contribution in [0.15, 0.2) is 10.8 Å². The van der Waals surface area contributed by atoms with Gasteiger partial charge >= 0.3 is 0 Å². The lowest BCUT2D eigenvalue weighted by Crippen LogP contribution is -2.37. The third kappa shape index (κ3) is 1.93. The van der Waals surface area contributed by atoms with Crippen LogP contribution >= 0.6 is 15.9 Å². The molecule has 0 radical (unpaired) electrons. The number of imidazole rings is 1. The topological polar surface area (TPSA) is 30.3 Å². The number of ether oxygens (including phenoxy) is 1. The number of halogens is 1. The Labute approximate surface area is 92.0 Å². The molecule has 1 fully saturated rings. The highest BCUT2D eigenvalue weighted by Gasteiger charge is 2.16. The van der Waals surface area contributed by atoms with Crippen LogP contribution in [0.2, 0.25) is 0 Å². The Morgan fingerprint density at radius 2 is 2.21 bits per heavy atom. The molecule has 5 heteroatoms.